The van der Waals surface area contributed by atoms with Crippen molar-refractivity contribution in [1.29, 1.82) is 0 Å². The van der Waals surface area contributed by atoms with Crippen molar-refractivity contribution in [3.63, 3.8) is 0 Å². The number of hydrogen-bond donors (Lipinski definition) is 1. The number of aryl methyl sites for hydroxylation is 1. The summed E-state index contributed by atoms with van der Waals surface area (Å²) in [6.07, 6.45) is 5.45. The molecule has 1 aromatic rings. The standard InChI is InChI=1S/C10H18N2O/c1-4-6-12-7-5-11-9(12)8-10(2,3)13/h5,7,13H,4,6,8H2,1-3H3. The predicted molar refractivity (Wildman–Crippen MR) is 52.5 cm³/mol. The van der Waals surface area contributed by atoms with E-state index in [0.717, 1.165) is 18.8 Å². The average Bonchev–Trinajstić information content (AvgIpc) is 2.34. The molecule has 0 amide bonds. The van der Waals surface area contributed by atoms with Crippen molar-refractivity contribution >= 4 is 0 Å². The monoisotopic (exact) mass is 182 g/mol. The SMILES string of the molecule is CCCn1ccnc1CC(C)(C)O. The topological polar surface area (TPSA) is 38.0 Å². The molecule has 0 aliphatic carbocycles. The summed E-state index contributed by atoms with van der Waals surface area (Å²) in [5.41, 5.74) is -0.670. The van der Waals surface area contributed by atoms with Crippen molar-refractivity contribution in [2.24, 2.45) is 0 Å². The Bertz CT molecular complexity index is 260. The van der Waals surface area contributed by atoms with Gasteiger partial charge in [0.15, 0.2) is 0 Å². The number of aromatic nitrogens is 2. The molecule has 1 aromatic heterocycles. The van der Waals surface area contributed by atoms with Crippen LogP contribution in [0.15, 0.2) is 12.4 Å². The smallest absolute Gasteiger partial charge is 0.111 e. The zero-order valence-electron chi connectivity index (χ0n) is 8.62. The molecule has 3 nitrogen and oxygen atoms in total. The van der Waals surface area contributed by atoms with E-state index in [9.17, 15) is 5.11 Å². The Kier molecular flexibility index (Phi) is 3.09. The van der Waals surface area contributed by atoms with Gasteiger partial charge in [0.1, 0.15) is 5.82 Å². The first-order valence-corrected chi connectivity index (χ1v) is 4.75. The van der Waals surface area contributed by atoms with Crippen molar-refractivity contribution in [1.82, 2.24) is 9.55 Å². The van der Waals surface area contributed by atoms with Gasteiger partial charge < -0.3 is 9.67 Å². The Labute approximate surface area is 79.4 Å². The van der Waals surface area contributed by atoms with E-state index in [1.54, 1.807) is 20.0 Å². The van der Waals surface area contributed by atoms with Crippen LogP contribution in [0, 0.1) is 0 Å². The van der Waals surface area contributed by atoms with Crippen LogP contribution in [0.2, 0.25) is 0 Å². The Hall–Kier alpha value is -0.830. The summed E-state index contributed by atoms with van der Waals surface area (Å²) < 4.78 is 2.10. The second-order valence-electron chi connectivity index (χ2n) is 4.03. The first-order valence-electron chi connectivity index (χ1n) is 4.75. The molecular formula is C10H18N2O. The lowest BCUT2D eigenvalue weighted by Crippen LogP contribution is -2.24. The number of hydrogen-bond acceptors (Lipinski definition) is 2. The molecule has 0 atom stereocenters. The third-order valence-corrected chi connectivity index (χ3v) is 1.86. The fourth-order valence-corrected chi connectivity index (χ4v) is 1.34. The quantitative estimate of drug-likeness (QED) is 0.768. The molecule has 0 fully saturated rings. The van der Waals surface area contributed by atoms with E-state index in [0.29, 0.717) is 6.42 Å². The van der Waals surface area contributed by atoms with Crippen LogP contribution in [0.3, 0.4) is 0 Å². The molecule has 0 unspecified atom stereocenters. The van der Waals surface area contributed by atoms with Gasteiger partial charge in [-0.3, -0.25) is 0 Å². The summed E-state index contributed by atoms with van der Waals surface area (Å²) in [5, 5.41) is 9.63. The Balaban J connectivity index is 2.70. The van der Waals surface area contributed by atoms with E-state index in [1.165, 1.54) is 0 Å². The summed E-state index contributed by atoms with van der Waals surface area (Å²) in [5.74, 6) is 0.967. The number of aliphatic hydroxyl groups is 1. The van der Waals surface area contributed by atoms with Gasteiger partial charge >= 0.3 is 0 Å². The molecule has 0 bridgehead atoms. The van der Waals surface area contributed by atoms with E-state index in [4.69, 9.17) is 0 Å². The first kappa shape index (κ1) is 10.3. The van der Waals surface area contributed by atoms with Crippen molar-refractivity contribution in [2.75, 3.05) is 0 Å². The molecule has 0 aliphatic heterocycles. The summed E-state index contributed by atoms with van der Waals surface area (Å²) in [7, 11) is 0. The zero-order valence-corrected chi connectivity index (χ0v) is 8.62. The molecule has 0 radical (unpaired) electrons. The molecule has 74 valence electrons. The highest BCUT2D eigenvalue weighted by Crippen LogP contribution is 2.10. The lowest BCUT2D eigenvalue weighted by Gasteiger charge is -2.17. The highest BCUT2D eigenvalue weighted by Gasteiger charge is 2.16. The highest BCUT2D eigenvalue weighted by molar-refractivity contribution is 4.96. The van der Waals surface area contributed by atoms with Crippen molar-refractivity contribution < 1.29 is 5.11 Å². The van der Waals surface area contributed by atoms with Crippen molar-refractivity contribution in [3.05, 3.63) is 18.2 Å². The molecule has 0 spiro atoms. The maximum absolute atomic E-state index is 9.63. The zero-order chi connectivity index (χ0) is 9.90. The average molecular weight is 182 g/mol. The van der Waals surface area contributed by atoms with Gasteiger partial charge in [0.2, 0.25) is 0 Å². The maximum atomic E-state index is 9.63. The van der Waals surface area contributed by atoms with Crippen LogP contribution in [0.25, 0.3) is 0 Å². The van der Waals surface area contributed by atoms with Crippen LogP contribution >= 0.6 is 0 Å². The van der Waals surface area contributed by atoms with Crippen LogP contribution < -0.4 is 0 Å². The van der Waals surface area contributed by atoms with Gasteiger partial charge in [0, 0.05) is 25.4 Å². The normalized spacial score (nSPS) is 12.0. The Morgan fingerprint density at radius 2 is 2.23 bits per heavy atom. The molecule has 0 aromatic carbocycles. The maximum Gasteiger partial charge on any atom is 0.111 e. The predicted octanol–water partition coefficient (Wildman–Crippen LogP) is 1.61. The molecule has 13 heavy (non-hydrogen) atoms. The summed E-state index contributed by atoms with van der Waals surface area (Å²) >= 11 is 0. The molecule has 0 saturated carbocycles. The lowest BCUT2D eigenvalue weighted by atomic mass is 10.1. The van der Waals surface area contributed by atoms with E-state index in [2.05, 4.69) is 16.5 Å². The van der Waals surface area contributed by atoms with Gasteiger partial charge in [-0.15, -0.1) is 0 Å². The van der Waals surface area contributed by atoms with Crippen molar-refractivity contribution in [3.8, 4) is 0 Å². The van der Waals surface area contributed by atoms with E-state index in [1.807, 2.05) is 6.20 Å². The fraction of sp³-hybridized carbons (Fsp3) is 0.700. The van der Waals surface area contributed by atoms with E-state index in [-0.39, 0.29) is 0 Å². The second-order valence-corrected chi connectivity index (χ2v) is 4.03. The van der Waals surface area contributed by atoms with Gasteiger partial charge in [0.05, 0.1) is 5.60 Å². The summed E-state index contributed by atoms with van der Waals surface area (Å²) in [4.78, 5) is 4.22. The van der Waals surface area contributed by atoms with Crippen LogP contribution in [-0.4, -0.2) is 20.3 Å². The number of rotatable bonds is 4. The van der Waals surface area contributed by atoms with Crippen LogP contribution in [0.5, 0.6) is 0 Å². The molecule has 3 heteroatoms. The highest BCUT2D eigenvalue weighted by atomic mass is 16.3. The summed E-state index contributed by atoms with van der Waals surface area (Å²) in [6, 6.07) is 0. The van der Waals surface area contributed by atoms with Crippen LogP contribution in [0.4, 0.5) is 0 Å². The second kappa shape index (κ2) is 3.92. The minimum absolute atomic E-state index is 0.611. The number of nitrogens with zero attached hydrogens (tertiary/aromatic N) is 2. The fourth-order valence-electron chi connectivity index (χ4n) is 1.34. The molecule has 0 aliphatic rings. The largest absolute Gasteiger partial charge is 0.390 e. The first-order chi connectivity index (χ1) is 6.03. The third kappa shape index (κ3) is 3.19. The Morgan fingerprint density at radius 3 is 2.77 bits per heavy atom. The van der Waals surface area contributed by atoms with Gasteiger partial charge in [-0.1, -0.05) is 6.92 Å². The van der Waals surface area contributed by atoms with Gasteiger partial charge in [-0.2, -0.15) is 0 Å². The minimum Gasteiger partial charge on any atom is -0.390 e. The van der Waals surface area contributed by atoms with Crippen LogP contribution in [-0.2, 0) is 13.0 Å². The van der Waals surface area contributed by atoms with Crippen LogP contribution in [0.1, 0.15) is 33.0 Å². The molecular weight excluding hydrogens is 164 g/mol. The van der Waals surface area contributed by atoms with Gasteiger partial charge in [0.25, 0.3) is 0 Å². The molecule has 1 rings (SSSR count). The molecule has 1 N–H and O–H groups in total. The summed E-state index contributed by atoms with van der Waals surface area (Å²) in [6.45, 7) is 6.72. The molecule has 0 saturated heterocycles. The van der Waals surface area contributed by atoms with E-state index < -0.39 is 5.60 Å². The Morgan fingerprint density at radius 1 is 1.54 bits per heavy atom. The molecule has 1 heterocycles. The minimum atomic E-state index is -0.670. The van der Waals surface area contributed by atoms with Crippen molar-refractivity contribution in [2.45, 2.75) is 45.8 Å². The number of imidazole rings is 1. The van der Waals surface area contributed by atoms with E-state index >= 15 is 0 Å². The van der Waals surface area contributed by atoms with Gasteiger partial charge in [-0.25, -0.2) is 4.98 Å². The third-order valence-electron chi connectivity index (χ3n) is 1.86. The van der Waals surface area contributed by atoms with Gasteiger partial charge in [-0.05, 0) is 20.3 Å². The lowest BCUT2D eigenvalue weighted by molar-refractivity contribution is 0.0778.